The summed E-state index contributed by atoms with van der Waals surface area (Å²) in [6.45, 7) is 3.68. The van der Waals surface area contributed by atoms with Gasteiger partial charge in [0.15, 0.2) is 0 Å². The monoisotopic (exact) mass is 275 g/mol. The molecule has 1 heterocycles. The fourth-order valence-corrected chi connectivity index (χ4v) is 2.45. The molecule has 0 aromatic heterocycles. The van der Waals surface area contributed by atoms with E-state index in [-0.39, 0.29) is 17.7 Å². The molecule has 0 fully saturated rings. The highest BCUT2D eigenvalue weighted by atomic mass is 16.2. The zero-order valence-electron chi connectivity index (χ0n) is 11.7. The van der Waals surface area contributed by atoms with E-state index in [1.54, 1.807) is 0 Å². The lowest BCUT2D eigenvalue weighted by Gasteiger charge is -2.25. The molecule has 1 aromatic rings. The molecule has 3 N–H and O–H groups in total. The SMILES string of the molecule is CCNC(=O)CCNC(=O)C1CCNc2ccccc21. The Balaban J connectivity index is 1.89. The minimum absolute atomic E-state index is 0.00301. The maximum absolute atomic E-state index is 12.2. The van der Waals surface area contributed by atoms with E-state index >= 15 is 0 Å². The molecule has 108 valence electrons. The van der Waals surface area contributed by atoms with Crippen LogP contribution in [0.5, 0.6) is 0 Å². The number of nitrogens with one attached hydrogen (secondary N) is 3. The normalized spacial score (nSPS) is 16.8. The molecule has 5 heteroatoms. The van der Waals surface area contributed by atoms with Gasteiger partial charge in [-0.05, 0) is 25.0 Å². The highest BCUT2D eigenvalue weighted by Gasteiger charge is 2.25. The van der Waals surface area contributed by atoms with Crippen molar-refractivity contribution in [3.63, 3.8) is 0 Å². The third-order valence-corrected chi connectivity index (χ3v) is 3.43. The lowest BCUT2D eigenvalue weighted by molar-refractivity contribution is -0.123. The molecule has 0 radical (unpaired) electrons. The predicted octanol–water partition coefficient (Wildman–Crippen LogP) is 1.23. The van der Waals surface area contributed by atoms with Gasteiger partial charge >= 0.3 is 0 Å². The maximum Gasteiger partial charge on any atom is 0.227 e. The van der Waals surface area contributed by atoms with Crippen LogP contribution in [0.1, 0.15) is 31.2 Å². The van der Waals surface area contributed by atoms with Crippen molar-refractivity contribution in [2.24, 2.45) is 0 Å². The number of carbonyl (C=O) groups is 2. The van der Waals surface area contributed by atoms with Crippen LogP contribution in [-0.2, 0) is 9.59 Å². The van der Waals surface area contributed by atoms with Gasteiger partial charge in [-0.1, -0.05) is 18.2 Å². The van der Waals surface area contributed by atoms with Crippen LogP contribution in [0.2, 0.25) is 0 Å². The molecule has 1 unspecified atom stereocenters. The lowest BCUT2D eigenvalue weighted by Crippen LogP contribution is -2.35. The minimum atomic E-state index is -0.123. The Morgan fingerprint density at radius 3 is 2.90 bits per heavy atom. The fraction of sp³-hybridized carbons (Fsp3) is 0.467. The van der Waals surface area contributed by atoms with Gasteiger partial charge in [0.05, 0.1) is 5.92 Å². The summed E-state index contributed by atoms with van der Waals surface area (Å²) >= 11 is 0. The molecule has 20 heavy (non-hydrogen) atoms. The van der Waals surface area contributed by atoms with Crippen molar-refractivity contribution >= 4 is 17.5 Å². The van der Waals surface area contributed by atoms with Crippen molar-refractivity contribution in [1.29, 1.82) is 0 Å². The number of hydrogen-bond donors (Lipinski definition) is 3. The van der Waals surface area contributed by atoms with Gasteiger partial charge in [-0.25, -0.2) is 0 Å². The number of rotatable bonds is 5. The van der Waals surface area contributed by atoms with Gasteiger partial charge in [0, 0.05) is 31.7 Å². The van der Waals surface area contributed by atoms with E-state index < -0.39 is 0 Å². The molecule has 0 aliphatic carbocycles. The maximum atomic E-state index is 12.2. The van der Waals surface area contributed by atoms with E-state index in [0.717, 1.165) is 24.2 Å². The molecular weight excluding hydrogens is 254 g/mol. The number of amides is 2. The van der Waals surface area contributed by atoms with Crippen LogP contribution in [-0.4, -0.2) is 31.4 Å². The van der Waals surface area contributed by atoms with Gasteiger partial charge in [-0.15, -0.1) is 0 Å². The molecule has 1 atom stereocenters. The number of hydrogen-bond acceptors (Lipinski definition) is 3. The van der Waals surface area contributed by atoms with Crippen LogP contribution in [0.15, 0.2) is 24.3 Å². The number of carbonyl (C=O) groups excluding carboxylic acids is 2. The second-order valence-corrected chi connectivity index (χ2v) is 4.85. The van der Waals surface area contributed by atoms with E-state index in [9.17, 15) is 9.59 Å². The molecule has 0 saturated carbocycles. The average Bonchev–Trinajstić information content (AvgIpc) is 2.47. The first-order chi connectivity index (χ1) is 9.72. The van der Waals surface area contributed by atoms with Gasteiger partial charge in [-0.3, -0.25) is 9.59 Å². The van der Waals surface area contributed by atoms with Crippen LogP contribution < -0.4 is 16.0 Å². The van der Waals surface area contributed by atoms with Gasteiger partial charge in [0.2, 0.25) is 11.8 Å². The first-order valence-corrected chi connectivity index (χ1v) is 7.09. The van der Waals surface area contributed by atoms with E-state index in [4.69, 9.17) is 0 Å². The molecule has 1 aliphatic rings. The molecule has 2 rings (SSSR count). The summed E-state index contributed by atoms with van der Waals surface area (Å²) in [7, 11) is 0. The Morgan fingerprint density at radius 1 is 1.30 bits per heavy atom. The Hall–Kier alpha value is -2.04. The summed E-state index contributed by atoms with van der Waals surface area (Å²) in [5.74, 6) is -0.150. The van der Waals surface area contributed by atoms with Crippen molar-refractivity contribution in [3.8, 4) is 0 Å². The lowest BCUT2D eigenvalue weighted by atomic mass is 9.90. The third kappa shape index (κ3) is 3.50. The Labute approximate surface area is 119 Å². The topological polar surface area (TPSA) is 70.2 Å². The highest BCUT2D eigenvalue weighted by Crippen LogP contribution is 2.31. The largest absolute Gasteiger partial charge is 0.385 e. The van der Waals surface area contributed by atoms with Gasteiger partial charge in [0.1, 0.15) is 0 Å². The summed E-state index contributed by atoms with van der Waals surface area (Å²) in [5.41, 5.74) is 2.07. The van der Waals surface area contributed by atoms with Crippen LogP contribution in [0.4, 0.5) is 5.69 Å². The van der Waals surface area contributed by atoms with Crippen molar-refractivity contribution in [1.82, 2.24) is 10.6 Å². The molecule has 0 bridgehead atoms. The van der Waals surface area contributed by atoms with E-state index in [0.29, 0.717) is 19.5 Å². The second-order valence-electron chi connectivity index (χ2n) is 4.85. The van der Waals surface area contributed by atoms with Crippen LogP contribution in [0.25, 0.3) is 0 Å². The molecule has 1 aromatic carbocycles. The van der Waals surface area contributed by atoms with Crippen molar-refractivity contribution in [2.75, 3.05) is 25.0 Å². The first-order valence-electron chi connectivity index (χ1n) is 7.09. The van der Waals surface area contributed by atoms with Crippen LogP contribution in [0, 0.1) is 0 Å². The van der Waals surface area contributed by atoms with E-state index in [1.165, 1.54) is 0 Å². The predicted molar refractivity (Wildman–Crippen MR) is 78.6 cm³/mol. The van der Waals surface area contributed by atoms with Gasteiger partial charge in [-0.2, -0.15) is 0 Å². The molecule has 0 saturated heterocycles. The summed E-state index contributed by atoms with van der Waals surface area (Å²) in [4.78, 5) is 23.6. The molecule has 0 spiro atoms. The van der Waals surface area contributed by atoms with Crippen molar-refractivity contribution in [3.05, 3.63) is 29.8 Å². The Bertz CT molecular complexity index is 488. The summed E-state index contributed by atoms with van der Waals surface area (Å²) in [5, 5.41) is 8.86. The fourth-order valence-electron chi connectivity index (χ4n) is 2.45. The number of benzene rings is 1. The summed E-state index contributed by atoms with van der Waals surface area (Å²) in [6, 6.07) is 7.88. The van der Waals surface area contributed by atoms with Crippen LogP contribution >= 0.6 is 0 Å². The minimum Gasteiger partial charge on any atom is -0.385 e. The van der Waals surface area contributed by atoms with Gasteiger partial charge < -0.3 is 16.0 Å². The van der Waals surface area contributed by atoms with Crippen molar-refractivity contribution in [2.45, 2.75) is 25.7 Å². The smallest absolute Gasteiger partial charge is 0.227 e. The number of fused-ring (bicyclic) bond motifs is 1. The van der Waals surface area contributed by atoms with Crippen LogP contribution in [0.3, 0.4) is 0 Å². The third-order valence-electron chi connectivity index (χ3n) is 3.43. The summed E-state index contributed by atoms with van der Waals surface area (Å²) in [6.07, 6.45) is 1.11. The zero-order chi connectivity index (χ0) is 14.4. The standard InChI is InChI=1S/C15H21N3O2/c1-2-16-14(19)8-10-18-15(20)12-7-9-17-13-6-4-3-5-11(12)13/h3-6,12,17H,2,7-10H2,1H3,(H,16,19)(H,18,20). The van der Waals surface area contributed by atoms with E-state index in [1.807, 2.05) is 31.2 Å². The molecular formula is C15H21N3O2. The Morgan fingerprint density at radius 2 is 2.10 bits per heavy atom. The molecule has 5 nitrogen and oxygen atoms in total. The highest BCUT2D eigenvalue weighted by molar-refractivity contribution is 5.86. The average molecular weight is 275 g/mol. The molecule has 1 aliphatic heterocycles. The number of para-hydroxylation sites is 1. The quantitative estimate of drug-likeness (QED) is 0.757. The second kappa shape index (κ2) is 6.93. The Kier molecular flexibility index (Phi) is 4.98. The van der Waals surface area contributed by atoms with Crippen molar-refractivity contribution < 1.29 is 9.59 Å². The van der Waals surface area contributed by atoms with E-state index in [2.05, 4.69) is 16.0 Å². The zero-order valence-corrected chi connectivity index (χ0v) is 11.7. The summed E-state index contributed by atoms with van der Waals surface area (Å²) < 4.78 is 0. The molecule has 2 amide bonds. The number of anilines is 1. The van der Waals surface area contributed by atoms with Gasteiger partial charge in [0.25, 0.3) is 0 Å². The first kappa shape index (κ1) is 14.4.